The number of furan rings is 3. The van der Waals surface area contributed by atoms with E-state index in [0.29, 0.717) is 0 Å². The van der Waals surface area contributed by atoms with E-state index in [-0.39, 0.29) is 8.41 Å². The second-order valence-corrected chi connectivity index (χ2v) is 44.3. The molecule has 2 N–H and O–H groups in total. The molecule has 0 atom stereocenters. The van der Waals surface area contributed by atoms with Crippen LogP contribution in [0.1, 0.15) is 64.2 Å². The van der Waals surface area contributed by atoms with Gasteiger partial charge in [-0.15, -0.1) is 0 Å². The van der Waals surface area contributed by atoms with Crippen LogP contribution in [0.3, 0.4) is 0 Å². The summed E-state index contributed by atoms with van der Waals surface area (Å²) in [7, 11) is 0. The third-order valence-corrected chi connectivity index (χ3v) is 33.4. The normalized spacial score (nSPS) is 17.5. The van der Waals surface area contributed by atoms with Crippen molar-refractivity contribution in [3.63, 3.8) is 0 Å². The molecule has 8 nitrogen and oxygen atoms in total. The molecule has 150 heavy (non-hydrogen) atoms. The van der Waals surface area contributed by atoms with Crippen molar-refractivity contribution in [2.45, 2.75) is 88.4 Å². The maximum atomic E-state index is 6.38. The molecule has 24 aromatic rings. The molecule has 21 aromatic carbocycles. The Balaban J connectivity index is 0.000000106. The van der Waals surface area contributed by atoms with Crippen LogP contribution in [0.4, 0.5) is 51.2 Å². The lowest BCUT2D eigenvalue weighted by Gasteiger charge is -2.57. The van der Waals surface area contributed by atoms with Crippen LogP contribution in [0.25, 0.3) is 165 Å². The molecule has 4 aliphatic carbocycles. The summed E-state index contributed by atoms with van der Waals surface area (Å²) in [5.74, 6) is 4.14. The third-order valence-electron chi connectivity index (χ3n) is 31.7. The fourth-order valence-corrected chi connectivity index (χ4v) is 26.3. The van der Waals surface area contributed by atoms with Crippen LogP contribution in [-0.4, -0.2) is 32.6 Å². The van der Waals surface area contributed by atoms with Crippen molar-refractivity contribution in [3.8, 4) is 66.8 Å². The van der Waals surface area contributed by atoms with Crippen molar-refractivity contribution < 1.29 is 13.3 Å². The maximum Gasteiger partial charge on any atom is 0.137 e. The Morgan fingerprint density at radius 1 is 0.240 bits per heavy atom. The first-order valence-electron chi connectivity index (χ1n) is 52.4. The second kappa shape index (κ2) is 42.0. The molecule has 0 spiro atoms. The Labute approximate surface area is 907 Å². The lowest BCUT2D eigenvalue weighted by molar-refractivity contribution is 0.0604. The molecule has 4 saturated heterocycles. The van der Waals surface area contributed by atoms with Crippen LogP contribution in [0, 0.1) is 27.2 Å². The molecule has 8 fully saturated rings. The van der Waals surface area contributed by atoms with Crippen molar-refractivity contribution in [1.82, 2.24) is 5.32 Å². The summed E-state index contributed by atoms with van der Waals surface area (Å²) in [6, 6.07) is 171. The number of hydrogen-bond donors (Lipinski definition) is 2. The highest BCUT2D eigenvalue weighted by atomic mass is 127. The molecule has 3 radical (unpaired) electrons. The van der Waals surface area contributed by atoms with E-state index < -0.39 is 0 Å². The monoisotopic (exact) mass is 2180 g/mol. The number of piperidine rings is 4. The van der Waals surface area contributed by atoms with E-state index in [0.717, 1.165) is 168 Å². The van der Waals surface area contributed by atoms with E-state index >= 15 is 0 Å². The fourth-order valence-electron chi connectivity index (χ4n) is 25.2. The number of halogens is 3. The zero-order valence-electron chi connectivity index (χ0n) is 83.0. The van der Waals surface area contributed by atoms with Crippen molar-refractivity contribution in [3.05, 3.63) is 486 Å². The van der Waals surface area contributed by atoms with Crippen LogP contribution in [0.5, 0.6) is 0 Å². The summed E-state index contributed by atoms with van der Waals surface area (Å²) in [6.45, 7) is 0. The molecule has 0 unspecified atom stereocenters. The van der Waals surface area contributed by atoms with Gasteiger partial charge in [-0.25, -0.2) is 0 Å². The van der Waals surface area contributed by atoms with Crippen molar-refractivity contribution in [2.24, 2.45) is 23.7 Å². The zero-order chi connectivity index (χ0) is 99.4. The largest absolute Gasteiger partial charge is 0.456 e. The number of nitrogens with one attached hydrogen (secondary N) is 2. The summed E-state index contributed by atoms with van der Waals surface area (Å²) >= 11 is 9.40. The maximum absolute atomic E-state index is 6.38. The molecule has 32 rings (SSSR count). The number of anilines is 9. The summed E-state index contributed by atoms with van der Waals surface area (Å²) in [4.78, 5) is 7.44. The van der Waals surface area contributed by atoms with Crippen LogP contribution in [-0.2, 0) is 0 Å². The van der Waals surface area contributed by atoms with Crippen molar-refractivity contribution in [2.75, 3.05) is 20.0 Å². The van der Waals surface area contributed by atoms with Gasteiger partial charge in [-0.1, -0.05) is 323 Å². The van der Waals surface area contributed by atoms with E-state index in [1.54, 1.807) is 6.42 Å². The lowest BCUT2D eigenvalue weighted by Crippen LogP contribution is -2.58. The first-order chi connectivity index (χ1) is 73.4. The Morgan fingerprint density at radius 3 is 0.933 bits per heavy atom. The lowest BCUT2D eigenvalue weighted by atomic mass is 9.63. The van der Waals surface area contributed by atoms with E-state index in [1.807, 2.05) is 48.5 Å². The topological polar surface area (TPSA) is 73.2 Å². The highest BCUT2D eigenvalue weighted by Gasteiger charge is 2.47. The van der Waals surface area contributed by atoms with Crippen LogP contribution in [0.15, 0.2) is 495 Å². The summed E-state index contributed by atoms with van der Waals surface area (Å²) < 4.78 is 22.1. The predicted octanol–water partition coefficient (Wildman–Crippen LogP) is 39.6. The van der Waals surface area contributed by atoms with Gasteiger partial charge in [-0.2, -0.15) is 0 Å². The van der Waals surface area contributed by atoms with Crippen LogP contribution in [0.2, 0.25) is 0 Å². The minimum atomic E-state index is 0. The minimum Gasteiger partial charge on any atom is -0.456 e. The van der Waals surface area contributed by atoms with Gasteiger partial charge in [0, 0.05) is 147 Å². The molecular weight excluding hydrogens is 2070 g/mol. The summed E-state index contributed by atoms with van der Waals surface area (Å²) in [5, 5.41) is 21.6. The number of benzene rings is 21. The van der Waals surface area contributed by atoms with Gasteiger partial charge in [0.1, 0.15) is 33.5 Å². The van der Waals surface area contributed by atoms with E-state index in [1.165, 1.54) is 166 Å². The van der Waals surface area contributed by atoms with Gasteiger partial charge in [0.15, 0.2) is 0 Å². The Bertz CT molecular complexity index is 8960. The van der Waals surface area contributed by atoms with Crippen molar-refractivity contribution in [1.29, 1.82) is 0 Å². The number of hydrogen-bond acceptors (Lipinski definition) is 8. The van der Waals surface area contributed by atoms with Crippen LogP contribution >= 0.6 is 54.5 Å². The fraction of sp³-hybridized carbons (Fsp3) is 0.130. The molecule has 12 heteroatoms. The standard InChI is InChI=1S/C49H40N2O.C40H26BrNO.C28H19NO.C12H8BrI.C9H15N.B/c1-2-11-44-35(7-1)8-6-13-45(44)36-17-21-39(22-18-36)50(41-23-24-47-46-12-3-4-14-48(46)52-49(47)31-41)38-19-15-34(16-20-38)37-9-5-10-40(30-37)51-42-26-32-25-33(28-42)29-43(51)27-32;41-31-10-5-9-30(25-31)27-15-19-32(20-16-27)42(34-23-24-38-37-12-3-4-14-39(37)43-40(38)26-34)33-21-17-29(18-22-33)36-13-6-8-28-7-1-2-11-35(28)36;1-2-8-23-19(6-1)7-5-10-24(23)20-12-14-21(15-13-20)29-22-16-17-26-25-9-3-4-11-27(25)30-28(26)18-22;13-11-3-1-2-10(8-11)9-4-6-12(14)7-5-9;1-6-2-8-4-7(1)5-9(3-6)10-8;/h1-24,30-33,42-43H,25-29H2;1-26H;1-18,29H;1-8H;6-10H,1-5H2;. The Kier molecular flexibility index (Phi) is 26.8. The number of para-hydroxylation sites is 3. The number of nitrogens with zero attached hydrogens (tertiary/aromatic N) is 3. The van der Waals surface area contributed by atoms with Crippen molar-refractivity contribution >= 4 is 212 Å². The summed E-state index contributed by atoms with van der Waals surface area (Å²) in [5.41, 5.74) is 30.1. The smallest absolute Gasteiger partial charge is 0.137 e. The minimum absolute atomic E-state index is 0. The summed E-state index contributed by atoms with van der Waals surface area (Å²) in [6.07, 6.45) is 14.5. The molecule has 4 saturated carbocycles. The molecule has 7 heterocycles. The quantitative estimate of drug-likeness (QED) is 0.0777. The molecule has 3 aromatic heterocycles. The molecule has 8 aliphatic rings. The van der Waals surface area contributed by atoms with Gasteiger partial charge < -0.3 is 38.6 Å². The highest BCUT2D eigenvalue weighted by Crippen LogP contribution is 2.53. The number of rotatable bonds is 15. The van der Waals surface area contributed by atoms with Gasteiger partial charge in [-0.05, 0) is 373 Å². The molecule has 8 bridgehead atoms. The predicted molar refractivity (Wildman–Crippen MR) is 647 cm³/mol. The third kappa shape index (κ3) is 19.7. The van der Waals surface area contributed by atoms with Gasteiger partial charge in [0.05, 0.1) is 0 Å². The molecule has 727 valence electrons. The highest BCUT2D eigenvalue weighted by molar-refractivity contribution is 14.1. The van der Waals surface area contributed by atoms with Gasteiger partial charge in [0.25, 0.3) is 0 Å². The average Bonchev–Trinajstić information content (AvgIpc) is 1.07. The molecule has 0 amide bonds. The average molecular weight is 2180 g/mol. The molecular formula is C138H108BBr2IN5O3. The van der Waals surface area contributed by atoms with Gasteiger partial charge >= 0.3 is 0 Å². The van der Waals surface area contributed by atoms with E-state index in [9.17, 15) is 0 Å². The first-order valence-corrected chi connectivity index (χ1v) is 55.1. The van der Waals surface area contributed by atoms with Gasteiger partial charge in [-0.3, -0.25) is 0 Å². The van der Waals surface area contributed by atoms with E-state index in [4.69, 9.17) is 13.3 Å². The van der Waals surface area contributed by atoms with Gasteiger partial charge in [0.2, 0.25) is 0 Å². The molecule has 4 aliphatic heterocycles. The van der Waals surface area contributed by atoms with E-state index in [2.05, 4.69) is 504 Å². The Hall–Kier alpha value is -15.3. The van der Waals surface area contributed by atoms with Crippen LogP contribution < -0.4 is 25.3 Å². The first kappa shape index (κ1) is 95.6. The zero-order valence-corrected chi connectivity index (χ0v) is 88.3. The Morgan fingerprint density at radius 2 is 0.540 bits per heavy atom. The number of fused-ring (bicyclic) bond motifs is 12. The SMILES string of the molecule is Brc1cccc(-c2ccc(I)cc2)c1.Brc1cccc(-c2ccc(N(c3ccc(-c4cccc5ccccc45)cc3)c3ccc4c(c3)oc3ccccc34)cc2)c1.C1C2CC3CC1CC(C2)N3.[B].c1cc(-c2ccc(N(c3ccc(-c4cccc5ccccc45)cc3)c3ccc4c(c3)oc3ccccc34)cc2)cc(N2C3CC4CC(C3)CC2C4)c1.c1ccc2c(-c3ccc(Nc4ccc5c(c4)oc4ccccc45)cc3)cccc2c1. The second-order valence-electron chi connectivity index (χ2n) is 41.2.